The fourth-order valence-corrected chi connectivity index (χ4v) is 2.20. The Morgan fingerprint density at radius 3 is 2.79 bits per heavy atom. The zero-order chi connectivity index (χ0) is 13.5. The highest BCUT2D eigenvalue weighted by molar-refractivity contribution is 9.10. The number of hydrogen-bond donors (Lipinski definition) is 2. The number of rotatable bonds is 6. The molecule has 0 aliphatic heterocycles. The van der Waals surface area contributed by atoms with Gasteiger partial charge in [0.25, 0.3) is 5.91 Å². The average molecular weight is 370 g/mol. The summed E-state index contributed by atoms with van der Waals surface area (Å²) < 4.78 is 0.829. The van der Waals surface area contributed by atoms with E-state index >= 15 is 0 Å². The largest absolute Gasteiger partial charge is 0.348 e. The molecule has 1 unspecified atom stereocenters. The molecule has 0 aliphatic carbocycles. The minimum absolute atomic E-state index is 0. The molecule has 6 heteroatoms. The molecule has 0 fully saturated rings. The molecule has 0 saturated heterocycles. The fourth-order valence-electron chi connectivity index (χ4n) is 1.63. The van der Waals surface area contributed by atoms with Gasteiger partial charge >= 0.3 is 0 Å². The molecule has 1 rings (SSSR count). The summed E-state index contributed by atoms with van der Waals surface area (Å²) in [5.74, 6) is -0.173. The maximum Gasteiger partial charge on any atom is 0.253 e. The zero-order valence-corrected chi connectivity index (χ0v) is 13.9. The maximum absolute atomic E-state index is 12.1. The summed E-state index contributed by atoms with van der Waals surface area (Å²) in [6.45, 7) is 2.55. The van der Waals surface area contributed by atoms with Gasteiger partial charge in [-0.15, -0.1) is 12.4 Å². The zero-order valence-electron chi connectivity index (χ0n) is 10.8. The molecule has 3 N–H and O–H groups in total. The Labute approximate surface area is 133 Å². The third-order valence-corrected chi connectivity index (χ3v) is 3.52. The smallest absolute Gasteiger partial charge is 0.253 e. The lowest BCUT2D eigenvalue weighted by Crippen LogP contribution is -2.40. The second-order valence-electron chi connectivity index (χ2n) is 4.17. The summed E-state index contributed by atoms with van der Waals surface area (Å²) >= 11 is 9.34. The minimum atomic E-state index is -0.173. The molecule has 3 nitrogen and oxygen atoms in total. The van der Waals surface area contributed by atoms with Crippen LogP contribution in [0.15, 0.2) is 22.7 Å². The first kappa shape index (κ1) is 18.7. The van der Waals surface area contributed by atoms with Gasteiger partial charge < -0.3 is 11.1 Å². The van der Waals surface area contributed by atoms with Crippen LogP contribution in [0, 0.1) is 0 Å². The number of unbranched alkanes of at least 4 members (excludes halogenated alkanes) is 1. The molecular formula is C13H19BrCl2N2O. The molecule has 1 amide bonds. The molecule has 0 saturated carbocycles. The molecule has 0 spiro atoms. The predicted octanol–water partition coefficient (Wildman–Crippen LogP) is 3.77. The first-order valence-electron chi connectivity index (χ1n) is 6.04. The van der Waals surface area contributed by atoms with Crippen molar-refractivity contribution in [3.8, 4) is 0 Å². The molecule has 0 heterocycles. The van der Waals surface area contributed by atoms with Crippen molar-refractivity contribution in [1.82, 2.24) is 5.32 Å². The average Bonchev–Trinajstić information content (AvgIpc) is 2.37. The molecular weight excluding hydrogens is 351 g/mol. The summed E-state index contributed by atoms with van der Waals surface area (Å²) in [5.41, 5.74) is 6.12. The van der Waals surface area contributed by atoms with Gasteiger partial charge in [0.05, 0.1) is 10.6 Å². The van der Waals surface area contributed by atoms with Gasteiger partial charge in [-0.1, -0.05) is 47.3 Å². The lowest BCUT2D eigenvalue weighted by molar-refractivity contribution is 0.0936. The Hall–Kier alpha value is -0.290. The van der Waals surface area contributed by atoms with E-state index in [1.807, 2.05) is 0 Å². The number of benzene rings is 1. The van der Waals surface area contributed by atoms with Crippen LogP contribution in [-0.4, -0.2) is 18.5 Å². The second-order valence-corrected chi connectivity index (χ2v) is 5.50. The number of nitrogens with one attached hydrogen (secondary N) is 1. The standard InChI is InChI=1S/C13H18BrClN2O.ClH/c1-2-3-4-10(8-16)17-13(18)11-7-9(14)5-6-12(11)15;/h5-7,10H,2-4,8,16H2,1H3,(H,17,18);1H. The summed E-state index contributed by atoms with van der Waals surface area (Å²) in [6, 6.07) is 5.22. The van der Waals surface area contributed by atoms with Crippen LogP contribution in [0.2, 0.25) is 5.02 Å². The van der Waals surface area contributed by atoms with Gasteiger partial charge in [-0.05, 0) is 24.6 Å². The van der Waals surface area contributed by atoms with Crippen LogP contribution in [0.3, 0.4) is 0 Å². The lowest BCUT2D eigenvalue weighted by atomic mass is 10.1. The van der Waals surface area contributed by atoms with Crippen molar-refractivity contribution in [2.45, 2.75) is 32.2 Å². The predicted molar refractivity (Wildman–Crippen MR) is 86.2 cm³/mol. The van der Waals surface area contributed by atoms with Crippen LogP contribution in [0.1, 0.15) is 36.5 Å². The Morgan fingerprint density at radius 2 is 2.21 bits per heavy atom. The number of nitrogens with two attached hydrogens (primary N) is 1. The highest BCUT2D eigenvalue weighted by Crippen LogP contribution is 2.21. The Bertz CT molecular complexity index is 416. The van der Waals surface area contributed by atoms with Gasteiger partial charge in [0.2, 0.25) is 0 Å². The number of carbonyl (C=O) groups is 1. The fraction of sp³-hybridized carbons (Fsp3) is 0.462. The SMILES string of the molecule is CCCCC(CN)NC(=O)c1cc(Br)ccc1Cl.Cl. The minimum Gasteiger partial charge on any atom is -0.348 e. The third kappa shape index (κ3) is 6.13. The van der Waals surface area contributed by atoms with E-state index in [9.17, 15) is 4.79 Å². The molecule has 0 aromatic heterocycles. The molecule has 0 aliphatic rings. The van der Waals surface area contributed by atoms with Crippen molar-refractivity contribution in [2.75, 3.05) is 6.54 Å². The van der Waals surface area contributed by atoms with E-state index in [1.54, 1.807) is 18.2 Å². The van der Waals surface area contributed by atoms with Crippen LogP contribution >= 0.6 is 39.9 Å². The van der Waals surface area contributed by atoms with Crippen LogP contribution in [0.4, 0.5) is 0 Å². The van der Waals surface area contributed by atoms with E-state index < -0.39 is 0 Å². The Kier molecular flexibility index (Phi) is 9.44. The van der Waals surface area contributed by atoms with E-state index in [2.05, 4.69) is 28.2 Å². The van der Waals surface area contributed by atoms with Crippen molar-refractivity contribution in [3.05, 3.63) is 33.3 Å². The van der Waals surface area contributed by atoms with Crippen molar-refractivity contribution >= 4 is 45.8 Å². The van der Waals surface area contributed by atoms with Crippen LogP contribution in [0.5, 0.6) is 0 Å². The van der Waals surface area contributed by atoms with Gasteiger partial charge in [0.15, 0.2) is 0 Å². The summed E-state index contributed by atoms with van der Waals surface area (Å²) in [5, 5.41) is 3.36. The highest BCUT2D eigenvalue weighted by Gasteiger charge is 2.15. The normalized spacial score (nSPS) is 11.6. The van der Waals surface area contributed by atoms with E-state index in [0.29, 0.717) is 17.1 Å². The van der Waals surface area contributed by atoms with Gasteiger partial charge in [0, 0.05) is 17.1 Å². The number of carbonyl (C=O) groups excluding carboxylic acids is 1. The van der Waals surface area contributed by atoms with E-state index in [0.717, 1.165) is 23.7 Å². The van der Waals surface area contributed by atoms with Crippen molar-refractivity contribution < 1.29 is 4.79 Å². The summed E-state index contributed by atoms with van der Waals surface area (Å²) in [6.07, 6.45) is 3.03. The molecule has 0 bridgehead atoms. The molecule has 0 radical (unpaired) electrons. The van der Waals surface area contributed by atoms with E-state index in [4.69, 9.17) is 17.3 Å². The first-order chi connectivity index (χ1) is 8.58. The molecule has 1 aromatic carbocycles. The molecule has 1 aromatic rings. The third-order valence-electron chi connectivity index (χ3n) is 2.70. The van der Waals surface area contributed by atoms with Crippen LogP contribution in [-0.2, 0) is 0 Å². The van der Waals surface area contributed by atoms with Gasteiger partial charge in [-0.2, -0.15) is 0 Å². The summed E-state index contributed by atoms with van der Waals surface area (Å²) in [4.78, 5) is 12.1. The van der Waals surface area contributed by atoms with E-state index in [1.165, 1.54) is 0 Å². The lowest BCUT2D eigenvalue weighted by Gasteiger charge is -2.17. The molecule has 1 atom stereocenters. The number of amides is 1. The second kappa shape index (κ2) is 9.59. The highest BCUT2D eigenvalue weighted by atomic mass is 79.9. The maximum atomic E-state index is 12.1. The van der Waals surface area contributed by atoms with Gasteiger partial charge in [-0.3, -0.25) is 4.79 Å². The van der Waals surface area contributed by atoms with Crippen LogP contribution in [0.25, 0.3) is 0 Å². The first-order valence-corrected chi connectivity index (χ1v) is 7.21. The summed E-state index contributed by atoms with van der Waals surface area (Å²) in [7, 11) is 0. The monoisotopic (exact) mass is 368 g/mol. The molecule has 19 heavy (non-hydrogen) atoms. The van der Waals surface area contributed by atoms with Crippen molar-refractivity contribution in [3.63, 3.8) is 0 Å². The molecule has 108 valence electrons. The van der Waals surface area contributed by atoms with Crippen molar-refractivity contribution in [1.29, 1.82) is 0 Å². The Morgan fingerprint density at radius 1 is 1.53 bits per heavy atom. The van der Waals surface area contributed by atoms with Crippen molar-refractivity contribution in [2.24, 2.45) is 5.73 Å². The van der Waals surface area contributed by atoms with Crippen LogP contribution < -0.4 is 11.1 Å². The quantitative estimate of drug-likeness (QED) is 0.801. The van der Waals surface area contributed by atoms with E-state index in [-0.39, 0.29) is 24.4 Å². The van der Waals surface area contributed by atoms with Gasteiger partial charge in [0.1, 0.15) is 0 Å². The number of halogens is 3. The Balaban J connectivity index is 0.00000324. The van der Waals surface area contributed by atoms with Gasteiger partial charge in [-0.25, -0.2) is 0 Å². The number of hydrogen-bond acceptors (Lipinski definition) is 2. The topological polar surface area (TPSA) is 55.1 Å².